The average molecular weight is 359 g/mol. The molecule has 0 nitrogen and oxygen atoms in total. The van der Waals surface area contributed by atoms with E-state index in [-0.39, 0.29) is 0 Å². The van der Waals surface area contributed by atoms with Crippen molar-refractivity contribution in [2.45, 2.75) is 129 Å². The monoisotopic (exact) mass is 358 g/mol. The van der Waals surface area contributed by atoms with Crippen molar-refractivity contribution in [3.8, 4) is 0 Å². The zero-order chi connectivity index (χ0) is 18.7. The van der Waals surface area contributed by atoms with E-state index in [0.717, 1.165) is 5.92 Å². The maximum atomic E-state index is 2.32. The third kappa shape index (κ3) is 12.6. The van der Waals surface area contributed by atoms with Gasteiger partial charge in [-0.2, -0.15) is 0 Å². The number of benzene rings is 1. The van der Waals surface area contributed by atoms with Gasteiger partial charge in [0, 0.05) is 0 Å². The van der Waals surface area contributed by atoms with Gasteiger partial charge in [0.2, 0.25) is 0 Å². The summed E-state index contributed by atoms with van der Waals surface area (Å²) in [4.78, 5) is 0. The summed E-state index contributed by atoms with van der Waals surface area (Å²) in [5.41, 5.74) is 1.56. The summed E-state index contributed by atoms with van der Waals surface area (Å²) in [6, 6.07) is 11.2. The third-order valence-corrected chi connectivity index (χ3v) is 5.81. The molecule has 0 bridgehead atoms. The van der Waals surface area contributed by atoms with Crippen molar-refractivity contribution < 1.29 is 0 Å². The summed E-state index contributed by atoms with van der Waals surface area (Å²) >= 11 is 0. The first-order chi connectivity index (χ1) is 12.9. The molecule has 0 N–H and O–H groups in total. The quantitative estimate of drug-likeness (QED) is 0.229. The lowest BCUT2D eigenvalue weighted by Gasteiger charge is -2.16. The molecule has 0 amide bonds. The molecule has 0 heterocycles. The first-order valence-corrected chi connectivity index (χ1v) is 11.9. The van der Waals surface area contributed by atoms with Crippen LogP contribution in [0.25, 0.3) is 0 Å². The molecule has 0 saturated carbocycles. The zero-order valence-corrected chi connectivity index (χ0v) is 18.0. The van der Waals surface area contributed by atoms with Gasteiger partial charge < -0.3 is 0 Å². The van der Waals surface area contributed by atoms with Crippen LogP contribution in [0, 0.1) is 0 Å². The molecule has 0 radical (unpaired) electrons. The maximum absolute atomic E-state index is 2.32. The van der Waals surface area contributed by atoms with E-state index in [4.69, 9.17) is 0 Å². The van der Waals surface area contributed by atoms with Crippen LogP contribution >= 0.6 is 0 Å². The van der Waals surface area contributed by atoms with Gasteiger partial charge in [-0.05, 0) is 24.3 Å². The van der Waals surface area contributed by atoms with Crippen LogP contribution < -0.4 is 0 Å². The lowest BCUT2D eigenvalue weighted by molar-refractivity contribution is 0.502. The van der Waals surface area contributed by atoms with Crippen LogP contribution in [0.4, 0.5) is 0 Å². The Morgan fingerprint density at radius 2 is 0.962 bits per heavy atom. The van der Waals surface area contributed by atoms with E-state index in [0.29, 0.717) is 0 Å². The molecular formula is C26H46. The van der Waals surface area contributed by atoms with Crippen molar-refractivity contribution >= 4 is 0 Å². The number of hydrogen-bond donors (Lipinski definition) is 0. The second kappa shape index (κ2) is 17.6. The minimum atomic E-state index is 0.790. The van der Waals surface area contributed by atoms with Crippen LogP contribution in [0.1, 0.15) is 134 Å². The van der Waals surface area contributed by atoms with Crippen molar-refractivity contribution in [3.63, 3.8) is 0 Å². The van der Waals surface area contributed by atoms with Gasteiger partial charge in [0.1, 0.15) is 0 Å². The van der Waals surface area contributed by atoms with Gasteiger partial charge in [-0.25, -0.2) is 0 Å². The Kier molecular flexibility index (Phi) is 15.8. The minimum absolute atomic E-state index is 0.790. The lowest BCUT2D eigenvalue weighted by atomic mass is 9.89. The fraction of sp³-hybridized carbons (Fsp3) is 0.769. The molecule has 26 heavy (non-hydrogen) atoms. The Hall–Kier alpha value is -0.780. The van der Waals surface area contributed by atoms with Gasteiger partial charge in [0.05, 0.1) is 0 Å². The molecule has 150 valence electrons. The molecular weight excluding hydrogens is 312 g/mol. The summed E-state index contributed by atoms with van der Waals surface area (Å²) in [5, 5.41) is 0. The molecule has 0 spiro atoms. The standard InChI is InChI=1S/C26H46/c1-3-5-6-7-8-9-10-11-12-13-14-15-16-18-22-25(21-4-2)26-23-19-17-20-24-26/h17,19-20,23-25H,3-16,18,21-22H2,1-2H3/t25-/m0/s1. The summed E-state index contributed by atoms with van der Waals surface area (Å²) in [5.74, 6) is 0.790. The number of unbranched alkanes of at least 4 members (excludes halogenated alkanes) is 13. The second-order valence-electron chi connectivity index (χ2n) is 8.28. The number of hydrogen-bond acceptors (Lipinski definition) is 0. The molecule has 0 aliphatic heterocycles. The predicted molar refractivity (Wildman–Crippen MR) is 119 cm³/mol. The summed E-state index contributed by atoms with van der Waals surface area (Å²) < 4.78 is 0. The van der Waals surface area contributed by atoms with Crippen LogP contribution in [0.3, 0.4) is 0 Å². The van der Waals surface area contributed by atoms with Crippen LogP contribution in [0.5, 0.6) is 0 Å². The molecule has 0 aliphatic rings. The highest BCUT2D eigenvalue weighted by molar-refractivity contribution is 5.19. The maximum Gasteiger partial charge on any atom is -0.0162 e. The van der Waals surface area contributed by atoms with Gasteiger partial charge in [-0.15, -0.1) is 0 Å². The summed E-state index contributed by atoms with van der Waals surface area (Å²) in [6.45, 7) is 4.62. The SMILES string of the molecule is CCCCCCCCCCCCCCCC[C@H](CCC)c1ccccc1. The van der Waals surface area contributed by atoms with Gasteiger partial charge in [0.15, 0.2) is 0 Å². The van der Waals surface area contributed by atoms with Gasteiger partial charge in [-0.3, -0.25) is 0 Å². The van der Waals surface area contributed by atoms with E-state index in [2.05, 4.69) is 44.2 Å². The normalized spacial score (nSPS) is 12.4. The van der Waals surface area contributed by atoms with E-state index < -0.39 is 0 Å². The topological polar surface area (TPSA) is 0 Å². The summed E-state index contributed by atoms with van der Waals surface area (Å²) in [7, 11) is 0. The molecule has 0 saturated heterocycles. The Morgan fingerprint density at radius 1 is 0.500 bits per heavy atom. The third-order valence-electron chi connectivity index (χ3n) is 5.81. The molecule has 1 aromatic rings. The van der Waals surface area contributed by atoms with Crippen molar-refractivity contribution in [2.24, 2.45) is 0 Å². The van der Waals surface area contributed by atoms with E-state index in [9.17, 15) is 0 Å². The van der Waals surface area contributed by atoms with Gasteiger partial charge in [0.25, 0.3) is 0 Å². The van der Waals surface area contributed by atoms with E-state index >= 15 is 0 Å². The Morgan fingerprint density at radius 3 is 1.42 bits per heavy atom. The number of rotatable bonds is 18. The molecule has 1 rings (SSSR count). The second-order valence-corrected chi connectivity index (χ2v) is 8.28. The highest BCUT2D eigenvalue weighted by atomic mass is 14.1. The van der Waals surface area contributed by atoms with E-state index in [1.165, 1.54) is 109 Å². The fourth-order valence-corrected chi connectivity index (χ4v) is 4.14. The van der Waals surface area contributed by atoms with Crippen LogP contribution in [0.2, 0.25) is 0 Å². The largest absolute Gasteiger partial charge is 0.0654 e. The molecule has 0 fully saturated rings. The van der Waals surface area contributed by atoms with E-state index in [1.54, 1.807) is 5.56 Å². The van der Waals surface area contributed by atoms with Crippen molar-refractivity contribution in [2.75, 3.05) is 0 Å². The Labute approximate surface area is 165 Å². The van der Waals surface area contributed by atoms with Gasteiger partial charge >= 0.3 is 0 Å². The highest BCUT2D eigenvalue weighted by Crippen LogP contribution is 2.27. The van der Waals surface area contributed by atoms with Crippen LogP contribution in [-0.4, -0.2) is 0 Å². The molecule has 0 unspecified atom stereocenters. The molecule has 0 aromatic heterocycles. The average Bonchev–Trinajstić information content (AvgIpc) is 2.68. The fourth-order valence-electron chi connectivity index (χ4n) is 4.14. The molecule has 0 heteroatoms. The smallest absolute Gasteiger partial charge is 0.0162 e. The Bertz CT molecular complexity index is 380. The van der Waals surface area contributed by atoms with Gasteiger partial charge in [-0.1, -0.05) is 140 Å². The molecule has 1 aromatic carbocycles. The van der Waals surface area contributed by atoms with Crippen molar-refractivity contribution in [1.82, 2.24) is 0 Å². The highest BCUT2D eigenvalue weighted by Gasteiger charge is 2.09. The molecule has 1 atom stereocenters. The molecule has 0 aliphatic carbocycles. The van der Waals surface area contributed by atoms with E-state index in [1.807, 2.05) is 0 Å². The zero-order valence-electron chi connectivity index (χ0n) is 18.0. The first-order valence-electron chi connectivity index (χ1n) is 11.9. The Balaban J connectivity index is 1.91. The van der Waals surface area contributed by atoms with Crippen molar-refractivity contribution in [1.29, 1.82) is 0 Å². The summed E-state index contributed by atoms with van der Waals surface area (Å²) in [6.07, 6.45) is 24.4. The predicted octanol–water partition coefficient (Wildman–Crippen LogP) is 9.44. The van der Waals surface area contributed by atoms with Crippen LogP contribution in [0.15, 0.2) is 30.3 Å². The van der Waals surface area contributed by atoms with Crippen molar-refractivity contribution in [3.05, 3.63) is 35.9 Å². The first kappa shape index (κ1) is 23.3. The van der Waals surface area contributed by atoms with Crippen LogP contribution in [-0.2, 0) is 0 Å². The minimum Gasteiger partial charge on any atom is -0.0654 e. The lowest BCUT2D eigenvalue weighted by Crippen LogP contribution is -1.98.